The summed E-state index contributed by atoms with van der Waals surface area (Å²) in [6.07, 6.45) is 3.29. The van der Waals surface area contributed by atoms with Crippen LogP contribution < -0.4 is 10.9 Å². The zero-order chi connectivity index (χ0) is 28.4. The molecule has 1 atom stereocenters. The number of rotatable bonds is 8. The second-order valence-corrected chi connectivity index (χ2v) is 10.1. The van der Waals surface area contributed by atoms with Crippen LogP contribution in [0.3, 0.4) is 0 Å². The zero-order valence-corrected chi connectivity index (χ0v) is 23.1. The molecule has 0 aliphatic rings. The molecule has 2 N–H and O–H groups in total. The van der Waals surface area contributed by atoms with Crippen LogP contribution in [0.1, 0.15) is 22.4 Å². The Labute approximate surface area is 236 Å². The van der Waals surface area contributed by atoms with Crippen LogP contribution in [0.15, 0.2) is 90.1 Å². The summed E-state index contributed by atoms with van der Waals surface area (Å²) in [5.41, 5.74) is 3.33. The molecule has 3 aromatic carbocycles. The molecule has 1 unspecified atom stereocenters. The number of ether oxygens (including phenoxy) is 1. The highest BCUT2D eigenvalue weighted by Crippen LogP contribution is 2.39. The van der Waals surface area contributed by atoms with Crippen LogP contribution in [0.4, 0.5) is 0 Å². The third-order valence-corrected chi connectivity index (χ3v) is 7.42. The van der Waals surface area contributed by atoms with Crippen molar-refractivity contribution >= 4 is 28.5 Å². The number of esters is 1. The van der Waals surface area contributed by atoms with E-state index < -0.39 is 5.60 Å². The lowest BCUT2D eigenvalue weighted by molar-refractivity contribution is -0.139. The first-order chi connectivity index (χ1) is 19.2. The van der Waals surface area contributed by atoms with Gasteiger partial charge in [0.05, 0.1) is 37.4 Å². The van der Waals surface area contributed by atoms with E-state index in [-0.39, 0.29) is 18.1 Å². The third-order valence-electron chi connectivity index (χ3n) is 7.19. The molecule has 0 fully saturated rings. The van der Waals surface area contributed by atoms with Gasteiger partial charge in [0.2, 0.25) is 0 Å². The Kier molecular flexibility index (Phi) is 7.58. The molecule has 8 nitrogen and oxygen atoms in total. The third kappa shape index (κ3) is 5.04. The second kappa shape index (κ2) is 11.1. The van der Waals surface area contributed by atoms with Crippen LogP contribution in [0.25, 0.3) is 22.0 Å². The quantitative estimate of drug-likeness (QED) is 0.279. The van der Waals surface area contributed by atoms with Gasteiger partial charge >= 0.3 is 5.97 Å². The molecule has 2 heterocycles. The molecule has 0 bridgehead atoms. The normalized spacial score (nSPS) is 12.8. The van der Waals surface area contributed by atoms with Crippen LogP contribution in [0.5, 0.6) is 0 Å². The van der Waals surface area contributed by atoms with Crippen molar-refractivity contribution in [3.63, 3.8) is 0 Å². The Morgan fingerprint density at radius 2 is 1.80 bits per heavy atom. The van der Waals surface area contributed by atoms with E-state index in [0.29, 0.717) is 28.4 Å². The van der Waals surface area contributed by atoms with Crippen molar-refractivity contribution < 1.29 is 14.6 Å². The SMILES string of the molecule is COC(=O)CNCc1ccc(C(O)(c2ccc3c(c2)c(-c2cccc(Cl)c2)cc(=O)n3C)c2cncn2C)cc1. The molecule has 5 rings (SSSR count). The molecule has 0 saturated carbocycles. The molecule has 0 aliphatic carbocycles. The van der Waals surface area contributed by atoms with Crippen molar-refractivity contribution in [2.75, 3.05) is 13.7 Å². The molecule has 0 aliphatic heterocycles. The van der Waals surface area contributed by atoms with Crippen LogP contribution in [0, 0.1) is 0 Å². The maximum absolute atomic E-state index is 12.8. The summed E-state index contributed by atoms with van der Waals surface area (Å²) < 4.78 is 8.05. The number of hydrogen-bond donors (Lipinski definition) is 2. The Balaban J connectivity index is 1.65. The second-order valence-electron chi connectivity index (χ2n) is 9.67. The summed E-state index contributed by atoms with van der Waals surface area (Å²) in [6, 6.07) is 22.1. The number of imidazole rings is 1. The standard InChI is InChI=1S/C31H29ClN4O4/c1-35-19-34-17-28(35)31(39,22-9-7-20(8-10-22)16-33-18-30(38)40-3)23-11-12-27-26(14-23)25(15-29(37)36(27)2)21-5-4-6-24(32)13-21/h4-15,17,19,33,39H,16,18H2,1-3H3. The molecular weight excluding hydrogens is 528 g/mol. The number of aromatic nitrogens is 3. The monoisotopic (exact) mass is 556 g/mol. The number of methoxy groups -OCH3 is 1. The zero-order valence-electron chi connectivity index (χ0n) is 22.4. The highest BCUT2D eigenvalue weighted by molar-refractivity contribution is 6.30. The maximum atomic E-state index is 12.8. The van der Waals surface area contributed by atoms with Crippen molar-refractivity contribution in [1.82, 2.24) is 19.4 Å². The lowest BCUT2D eigenvalue weighted by Crippen LogP contribution is -2.31. The number of benzene rings is 3. The van der Waals surface area contributed by atoms with Crippen LogP contribution in [-0.4, -0.2) is 38.8 Å². The summed E-state index contributed by atoms with van der Waals surface area (Å²) in [4.78, 5) is 28.5. The Bertz CT molecular complexity index is 1760. The number of nitrogens with one attached hydrogen (secondary N) is 1. The predicted octanol–water partition coefficient (Wildman–Crippen LogP) is 4.14. The number of pyridine rings is 1. The minimum Gasteiger partial charge on any atom is -0.468 e. The van der Waals surface area contributed by atoms with Crippen LogP contribution >= 0.6 is 11.6 Å². The van der Waals surface area contributed by atoms with Gasteiger partial charge in [0.25, 0.3) is 5.56 Å². The van der Waals surface area contributed by atoms with E-state index in [0.717, 1.165) is 27.6 Å². The number of fused-ring (bicyclic) bond motifs is 1. The molecule has 2 aromatic heterocycles. The minimum absolute atomic E-state index is 0.103. The van der Waals surface area contributed by atoms with Gasteiger partial charge in [0, 0.05) is 37.1 Å². The fourth-order valence-corrected chi connectivity index (χ4v) is 5.18. The fourth-order valence-electron chi connectivity index (χ4n) is 4.99. The van der Waals surface area contributed by atoms with Crippen molar-refractivity contribution in [2.24, 2.45) is 14.1 Å². The topological polar surface area (TPSA) is 98.4 Å². The number of aliphatic hydroxyl groups is 1. The molecule has 0 spiro atoms. The smallest absolute Gasteiger partial charge is 0.319 e. The lowest BCUT2D eigenvalue weighted by atomic mass is 9.82. The van der Waals surface area contributed by atoms with Gasteiger partial charge in [-0.05, 0) is 52.1 Å². The first-order valence-electron chi connectivity index (χ1n) is 12.7. The average Bonchev–Trinajstić information content (AvgIpc) is 3.40. The van der Waals surface area contributed by atoms with Crippen molar-refractivity contribution in [3.05, 3.63) is 123 Å². The summed E-state index contributed by atoms with van der Waals surface area (Å²) in [5.74, 6) is -0.340. The van der Waals surface area contributed by atoms with Crippen molar-refractivity contribution in [1.29, 1.82) is 0 Å². The van der Waals surface area contributed by atoms with Gasteiger partial charge in [0.1, 0.15) is 0 Å². The fraction of sp³-hybridized carbons (Fsp3) is 0.194. The van der Waals surface area contributed by atoms with E-state index in [1.165, 1.54) is 7.11 Å². The maximum Gasteiger partial charge on any atom is 0.319 e. The molecule has 0 radical (unpaired) electrons. The van der Waals surface area contributed by atoms with Gasteiger partial charge < -0.3 is 24.3 Å². The highest BCUT2D eigenvalue weighted by atomic mass is 35.5. The Morgan fingerprint density at radius 3 is 2.48 bits per heavy atom. The van der Waals surface area contributed by atoms with E-state index >= 15 is 0 Å². The van der Waals surface area contributed by atoms with Crippen molar-refractivity contribution in [2.45, 2.75) is 12.1 Å². The number of aryl methyl sites for hydroxylation is 2. The van der Waals surface area contributed by atoms with Gasteiger partial charge in [-0.2, -0.15) is 0 Å². The predicted molar refractivity (Wildman–Crippen MR) is 155 cm³/mol. The van der Waals surface area contributed by atoms with Gasteiger partial charge in [-0.25, -0.2) is 4.98 Å². The molecule has 0 saturated heterocycles. The molecule has 5 aromatic rings. The van der Waals surface area contributed by atoms with E-state index in [2.05, 4.69) is 15.0 Å². The number of halogens is 1. The van der Waals surface area contributed by atoms with E-state index in [1.807, 2.05) is 67.7 Å². The van der Waals surface area contributed by atoms with Crippen molar-refractivity contribution in [3.8, 4) is 11.1 Å². The first kappa shape index (κ1) is 27.3. The summed E-state index contributed by atoms with van der Waals surface area (Å²) >= 11 is 6.29. The lowest BCUT2D eigenvalue weighted by Gasteiger charge is -2.30. The molecule has 0 amide bonds. The van der Waals surface area contributed by atoms with Crippen LogP contribution in [-0.2, 0) is 35.8 Å². The van der Waals surface area contributed by atoms with E-state index in [1.54, 1.807) is 40.8 Å². The number of hydrogen-bond acceptors (Lipinski definition) is 6. The van der Waals surface area contributed by atoms with Crippen LogP contribution in [0.2, 0.25) is 5.02 Å². The average molecular weight is 557 g/mol. The molecule has 40 heavy (non-hydrogen) atoms. The number of carbonyl (C=O) groups excluding carboxylic acids is 1. The molecular formula is C31H29ClN4O4. The largest absolute Gasteiger partial charge is 0.468 e. The highest BCUT2D eigenvalue weighted by Gasteiger charge is 2.37. The first-order valence-corrected chi connectivity index (χ1v) is 13.1. The van der Waals surface area contributed by atoms with Gasteiger partial charge in [0.15, 0.2) is 5.60 Å². The molecule has 9 heteroatoms. The van der Waals surface area contributed by atoms with E-state index in [9.17, 15) is 14.7 Å². The number of nitrogens with zero attached hydrogens (tertiary/aromatic N) is 3. The Hall–Kier alpha value is -4.24. The molecule has 204 valence electrons. The van der Waals surface area contributed by atoms with Gasteiger partial charge in [-0.3, -0.25) is 9.59 Å². The summed E-state index contributed by atoms with van der Waals surface area (Å²) in [7, 11) is 4.91. The minimum atomic E-state index is -1.56. The summed E-state index contributed by atoms with van der Waals surface area (Å²) in [5, 5.41) is 16.9. The van der Waals surface area contributed by atoms with Gasteiger partial charge in [-0.15, -0.1) is 0 Å². The summed E-state index contributed by atoms with van der Waals surface area (Å²) in [6.45, 7) is 0.568. The van der Waals surface area contributed by atoms with E-state index in [4.69, 9.17) is 11.6 Å². The Morgan fingerprint density at radius 1 is 1.05 bits per heavy atom. The van der Waals surface area contributed by atoms with Gasteiger partial charge in [-0.1, -0.05) is 54.1 Å². The number of carbonyl (C=O) groups is 1.